The molecule has 0 saturated carbocycles. The summed E-state index contributed by atoms with van der Waals surface area (Å²) in [5.74, 6) is 1.07. The predicted molar refractivity (Wildman–Crippen MR) is 149 cm³/mol. The highest BCUT2D eigenvalue weighted by Crippen LogP contribution is 2.44. The maximum atomic E-state index is 11.8. The molecule has 2 N–H and O–H groups in total. The fourth-order valence-electron chi connectivity index (χ4n) is 4.19. The van der Waals surface area contributed by atoms with Gasteiger partial charge in [-0.05, 0) is 60.7 Å². The van der Waals surface area contributed by atoms with Crippen molar-refractivity contribution in [2.75, 3.05) is 23.0 Å². The second kappa shape index (κ2) is 10.4. The van der Waals surface area contributed by atoms with Crippen molar-refractivity contribution >= 4 is 50.5 Å². The van der Waals surface area contributed by atoms with Gasteiger partial charge in [-0.25, -0.2) is 8.42 Å². The van der Waals surface area contributed by atoms with Crippen molar-refractivity contribution in [2.45, 2.75) is 22.1 Å². The summed E-state index contributed by atoms with van der Waals surface area (Å²) in [5.41, 5.74) is 1.86. The molecule has 2 aromatic carbocycles. The third kappa shape index (κ3) is 5.58. The van der Waals surface area contributed by atoms with Gasteiger partial charge in [0.2, 0.25) is 10.0 Å². The summed E-state index contributed by atoms with van der Waals surface area (Å²) >= 11 is 7.31. The third-order valence-corrected chi connectivity index (χ3v) is 7.55. The Morgan fingerprint density at radius 2 is 1.86 bits per heavy atom. The average molecular weight is 553 g/mol. The molecule has 2 aromatic heterocycles. The van der Waals surface area contributed by atoms with E-state index in [9.17, 15) is 8.42 Å². The number of furan rings is 1. The summed E-state index contributed by atoms with van der Waals surface area (Å²) in [6, 6.07) is 24.2. The minimum Gasteiger partial charge on any atom is -0.494 e. The zero-order chi connectivity index (χ0) is 26.0. The van der Waals surface area contributed by atoms with Crippen molar-refractivity contribution in [1.29, 1.82) is 0 Å². The Kier molecular flexibility index (Phi) is 7.09. The number of anilines is 2. The summed E-state index contributed by atoms with van der Waals surface area (Å²) in [7, 11) is -1.99. The summed E-state index contributed by atoms with van der Waals surface area (Å²) in [4.78, 5) is 7.58. The number of benzene rings is 2. The molecule has 0 spiro atoms. The number of hydrogen-bond donors (Lipinski definition) is 2. The molecule has 2 atom stereocenters. The maximum absolute atomic E-state index is 11.8. The van der Waals surface area contributed by atoms with E-state index in [4.69, 9.17) is 21.4 Å². The largest absolute Gasteiger partial charge is 0.494 e. The lowest BCUT2D eigenvalue weighted by Crippen LogP contribution is -2.29. The number of methoxy groups -OCH3 is 1. The maximum Gasteiger partial charge on any atom is 0.229 e. The van der Waals surface area contributed by atoms with Crippen LogP contribution in [0.25, 0.3) is 0 Å². The van der Waals surface area contributed by atoms with Crippen LogP contribution in [0.5, 0.6) is 5.75 Å². The second-order valence-electron chi connectivity index (χ2n) is 8.33. The SMILES string of the molecule is COc1cc(N2C(=S)N[C@H](c3ccccn3)[C@@H]2c2ccc(Sc3ccccc3)o2)ccc1NS(C)(=O)=O. The van der Waals surface area contributed by atoms with E-state index in [0.717, 1.165) is 21.9 Å². The van der Waals surface area contributed by atoms with Gasteiger partial charge in [0.05, 0.1) is 30.8 Å². The molecule has 0 unspecified atom stereocenters. The van der Waals surface area contributed by atoms with Crippen molar-refractivity contribution in [3.63, 3.8) is 0 Å². The number of rotatable bonds is 8. The van der Waals surface area contributed by atoms with E-state index < -0.39 is 10.0 Å². The number of thiocarbonyl (C=S) groups is 1. The van der Waals surface area contributed by atoms with Crippen LogP contribution < -0.4 is 19.7 Å². The molecule has 1 aliphatic heterocycles. The Balaban J connectivity index is 1.55. The first-order chi connectivity index (χ1) is 17.8. The van der Waals surface area contributed by atoms with E-state index >= 15 is 0 Å². The quantitative estimate of drug-likeness (QED) is 0.279. The zero-order valence-corrected chi connectivity index (χ0v) is 22.4. The summed E-state index contributed by atoms with van der Waals surface area (Å²) in [6.07, 6.45) is 2.84. The highest BCUT2D eigenvalue weighted by molar-refractivity contribution is 7.99. The third-order valence-electron chi connectivity index (χ3n) is 5.71. The molecule has 0 radical (unpaired) electrons. The van der Waals surface area contributed by atoms with Crippen LogP contribution in [0.15, 0.2) is 99.5 Å². The van der Waals surface area contributed by atoms with Crippen molar-refractivity contribution in [3.8, 4) is 5.75 Å². The number of aromatic nitrogens is 1. The van der Waals surface area contributed by atoms with E-state index in [1.807, 2.05) is 65.6 Å². The lowest BCUT2D eigenvalue weighted by atomic mass is 10.0. The van der Waals surface area contributed by atoms with Crippen LogP contribution in [-0.2, 0) is 10.0 Å². The van der Waals surface area contributed by atoms with Gasteiger partial charge in [0, 0.05) is 22.8 Å². The molecule has 190 valence electrons. The Labute approximate surface area is 225 Å². The van der Waals surface area contributed by atoms with Gasteiger partial charge in [0.1, 0.15) is 17.6 Å². The van der Waals surface area contributed by atoms with E-state index in [-0.39, 0.29) is 12.1 Å². The van der Waals surface area contributed by atoms with Crippen LogP contribution in [0.4, 0.5) is 11.4 Å². The fraction of sp³-hybridized carbons (Fsp3) is 0.154. The molecule has 1 aliphatic rings. The molecule has 3 heterocycles. The molecular weight excluding hydrogens is 529 g/mol. The summed E-state index contributed by atoms with van der Waals surface area (Å²) < 4.78 is 37.9. The normalized spacial score (nSPS) is 17.5. The van der Waals surface area contributed by atoms with Crippen molar-refractivity contribution < 1.29 is 17.6 Å². The van der Waals surface area contributed by atoms with Gasteiger partial charge in [0.15, 0.2) is 10.2 Å². The van der Waals surface area contributed by atoms with Crippen LogP contribution in [0.3, 0.4) is 0 Å². The van der Waals surface area contributed by atoms with E-state index in [1.165, 1.54) is 18.9 Å². The fourth-order valence-corrected chi connectivity index (χ4v) is 5.90. The van der Waals surface area contributed by atoms with Crippen molar-refractivity contribution in [1.82, 2.24) is 10.3 Å². The average Bonchev–Trinajstić information content (AvgIpc) is 3.48. The summed E-state index contributed by atoms with van der Waals surface area (Å²) in [6.45, 7) is 0. The number of nitrogens with one attached hydrogen (secondary N) is 2. The smallest absolute Gasteiger partial charge is 0.229 e. The number of ether oxygens (including phenoxy) is 1. The van der Waals surface area contributed by atoms with Gasteiger partial charge in [0.25, 0.3) is 0 Å². The van der Waals surface area contributed by atoms with Crippen LogP contribution in [0, 0.1) is 0 Å². The molecule has 0 bridgehead atoms. The molecule has 1 saturated heterocycles. The first-order valence-electron chi connectivity index (χ1n) is 11.3. The minimum atomic E-state index is -3.48. The van der Waals surface area contributed by atoms with Gasteiger partial charge in [-0.3, -0.25) is 9.71 Å². The molecule has 0 aliphatic carbocycles. The minimum absolute atomic E-state index is 0.283. The molecule has 5 rings (SSSR count). The molecular formula is C26H24N4O4S3. The topological polar surface area (TPSA) is 96.7 Å². The highest BCUT2D eigenvalue weighted by atomic mass is 32.2. The monoisotopic (exact) mass is 552 g/mol. The number of sulfonamides is 1. The Bertz CT molecular complexity index is 1510. The number of hydrogen-bond acceptors (Lipinski definition) is 7. The van der Waals surface area contributed by atoms with Crippen molar-refractivity contribution in [3.05, 3.63) is 96.5 Å². The van der Waals surface area contributed by atoms with E-state index in [2.05, 4.69) is 15.0 Å². The summed E-state index contributed by atoms with van der Waals surface area (Å²) in [5, 5.41) is 4.63. The zero-order valence-electron chi connectivity index (χ0n) is 20.0. The molecule has 37 heavy (non-hydrogen) atoms. The first kappa shape index (κ1) is 25.1. The van der Waals surface area contributed by atoms with Crippen LogP contribution in [0.2, 0.25) is 0 Å². The molecule has 11 heteroatoms. The highest BCUT2D eigenvalue weighted by Gasteiger charge is 2.42. The first-order valence-corrected chi connectivity index (χ1v) is 14.4. The van der Waals surface area contributed by atoms with Gasteiger partial charge in [-0.15, -0.1) is 0 Å². The molecule has 4 aromatic rings. The lowest BCUT2D eigenvalue weighted by Gasteiger charge is -2.26. The Morgan fingerprint density at radius 3 is 2.57 bits per heavy atom. The van der Waals surface area contributed by atoms with Crippen molar-refractivity contribution in [2.24, 2.45) is 0 Å². The van der Waals surface area contributed by atoms with E-state index in [0.29, 0.717) is 28.0 Å². The second-order valence-corrected chi connectivity index (χ2v) is 11.5. The number of pyridine rings is 1. The van der Waals surface area contributed by atoms with Gasteiger partial charge in [-0.1, -0.05) is 36.0 Å². The predicted octanol–water partition coefficient (Wildman–Crippen LogP) is 5.38. The standard InChI is InChI=1S/C26H24N4O4S3/c1-33-22-16-17(11-12-19(22)29-37(2,31)32)30-25(24(28-26(30)35)20-10-6-7-15-27-20)21-13-14-23(34-21)36-18-8-4-3-5-9-18/h3-16,24-25,29H,1-2H3,(H,28,35)/t24-,25+/m1/s1. The van der Waals surface area contributed by atoms with Crippen LogP contribution in [-0.4, -0.2) is 31.9 Å². The van der Waals surface area contributed by atoms with Crippen LogP contribution >= 0.6 is 24.0 Å². The molecule has 1 fully saturated rings. The van der Waals surface area contributed by atoms with Gasteiger partial charge >= 0.3 is 0 Å². The Morgan fingerprint density at radius 1 is 1.08 bits per heavy atom. The van der Waals surface area contributed by atoms with Gasteiger partial charge < -0.3 is 19.4 Å². The molecule has 8 nitrogen and oxygen atoms in total. The lowest BCUT2D eigenvalue weighted by molar-refractivity contribution is 0.383. The van der Waals surface area contributed by atoms with E-state index in [1.54, 1.807) is 24.4 Å². The van der Waals surface area contributed by atoms with Gasteiger partial charge in [-0.2, -0.15) is 0 Å². The van der Waals surface area contributed by atoms with Crippen LogP contribution in [0.1, 0.15) is 23.5 Å². The number of nitrogens with zero attached hydrogens (tertiary/aromatic N) is 2. The Hall–Kier alpha value is -3.54. The molecule has 0 amide bonds.